The van der Waals surface area contributed by atoms with Gasteiger partial charge < -0.3 is 5.32 Å². The number of fused-ring (bicyclic) bond motifs is 1. The van der Waals surface area contributed by atoms with Crippen LogP contribution in [0.3, 0.4) is 0 Å². The molecule has 2 aromatic carbocycles. The number of carbonyl (C=O) groups excluding carboxylic acids is 1. The van der Waals surface area contributed by atoms with Crippen molar-refractivity contribution < 1.29 is 4.79 Å². The molecule has 1 N–H and O–H groups in total. The van der Waals surface area contributed by atoms with E-state index in [1.165, 1.54) is 22.1 Å². The number of hydrogen-bond donors (Lipinski definition) is 1. The van der Waals surface area contributed by atoms with Gasteiger partial charge in [-0.25, -0.2) is 4.68 Å². The van der Waals surface area contributed by atoms with Crippen molar-refractivity contribution in [2.75, 3.05) is 0 Å². The fourth-order valence-corrected chi connectivity index (χ4v) is 3.63. The van der Waals surface area contributed by atoms with Crippen molar-refractivity contribution in [3.05, 3.63) is 77.6 Å². The number of hydrogen-bond acceptors (Lipinski definition) is 4. The number of nitrogens with zero attached hydrogens (tertiary/aromatic N) is 4. The highest BCUT2D eigenvalue weighted by Crippen LogP contribution is 2.30. The maximum absolute atomic E-state index is 13.1. The molecule has 0 unspecified atom stereocenters. The molecular formula is C20H21N5O. The van der Waals surface area contributed by atoms with Crippen LogP contribution in [0.2, 0.25) is 0 Å². The molecule has 6 nitrogen and oxygen atoms in total. The van der Waals surface area contributed by atoms with Gasteiger partial charge >= 0.3 is 0 Å². The molecule has 0 fully saturated rings. The molecule has 0 radical (unpaired) electrons. The molecule has 0 saturated heterocycles. The lowest BCUT2D eigenvalue weighted by molar-refractivity contribution is -0.125. The van der Waals surface area contributed by atoms with Crippen LogP contribution in [-0.4, -0.2) is 26.1 Å². The lowest BCUT2D eigenvalue weighted by Crippen LogP contribution is -2.38. The van der Waals surface area contributed by atoms with Gasteiger partial charge in [0, 0.05) is 6.42 Å². The van der Waals surface area contributed by atoms with Gasteiger partial charge in [-0.05, 0) is 46.4 Å². The molecular weight excluding hydrogens is 326 g/mol. The van der Waals surface area contributed by atoms with Crippen LogP contribution < -0.4 is 5.32 Å². The third-order valence-corrected chi connectivity index (χ3v) is 4.94. The van der Waals surface area contributed by atoms with Crippen molar-refractivity contribution in [2.24, 2.45) is 0 Å². The van der Waals surface area contributed by atoms with Crippen LogP contribution in [0, 0.1) is 0 Å². The third kappa shape index (κ3) is 3.49. The summed E-state index contributed by atoms with van der Waals surface area (Å²) in [4.78, 5) is 13.1. The van der Waals surface area contributed by atoms with Crippen LogP contribution in [-0.2, 0) is 17.6 Å². The van der Waals surface area contributed by atoms with E-state index in [-0.39, 0.29) is 11.9 Å². The first-order valence-electron chi connectivity index (χ1n) is 8.96. The highest BCUT2D eigenvalue weighted by molar-refractivity contribution is 5.81. The standard InChI is InChI=1S/C20H21N5O/c26-20(22-18-12-6-10-16-9-4-5-11-17(16)18)19(25-14-21-23-24-25)13-15-7-2-1-3-8-15/h1-5,7-9,11,14,18-19H,6,10,12-13H2,(H,22,26)/t18-,19+/m0/s1. The summed E-state index contributed by atoms with van der Waals surface area (Å²) in [6.07, 6.45) is 5.16. The van der Waals surface area contributed by atoms with Crippen molar-refractivity contribution in [1.82, 2.24) is 25.5 Å². The molecule has 26 heavy (non-hydrogen) atoms. The number of amides is 1. The van der Waals surface area contributed by atoms with Crippen LogP contribution in [0.5, 0.6) is 0 Å². The van der Waals surface area contributed by atoms with Crippen molar-refractivity contribution in [1.29, 1.82) is 0 Å². The summed E-state index contributed by atoms with van der Waals surface area (Å²) in [6, 6.07) is 17.9. The number of benzene rings is 2. The van der Waals surface area contributed by atoms with Crippen molar-refractivity contribution >= 4 is 5.91 Å². The number of nitrogens with one attached hydrogen (secondary N) is 1. The molecule has 6 heteroatoms. The Hall–Kier alpha value is -3.02. The number of aryl methyl sites for hydroxylation is 1. The minimum atomic E-state index is -0.471. The smallest absolute Gasteiger partial charge is 0.245 e. The Kier molecular flexibility index (Phi) is 4.73. The van der Waals surface area contributed by atoms with Crippen molar-refractivity contribution in [2.45, 2.75) is 37.8 Å². The molecule has 0 bridgehead atoms. The molecule has 4 rings (SSSR count). The summed E-state index contributed by atoms with van der Waals surface area (Å²) in [5, 5.41) is 14.6. The first kappa shape index (κ1) is 16.4. The van der Waals surface area contributed by atoms with Gasteiger partial charge in [0.2, 0.25) is 5.91 Å². The van der Waals surface area contributed by atoms with E-state index in [1.54, 1.807) is 0 Å². The van der Waals surface area contributed by atoms with Crippen LogP contribution in [0.4, 0.5) is 0 Å². The lowest BCUT2D eigenvalue weighted by Gasteiger charge is -2.28. The highest BCUT2D eigenvalue weighted by Gasteiger charge is 2.27. The Bertz CT molecular complexity index is 863. The lowest BCUT2D eigenvalue weighted by atomic mass is 9.87. The number of carbonyl (C=O) groups is 1. The maximum Gasteiger partial charge on any atom is 0.245 e. The monoisotopic (exact) mass is 347 g/mol. The molecule has 1 heterocycles. The Balaban J connectivity index is 1.56. The predicted octanol–water partition coefficient (Wildman–Crippen LogP) is 2.65. The van der Waals surface area contributed by atoms with Gasteiger partial charge in [-0.15, -0.1) is 5.10 Å². The summed E-state index contributed by atoms with van der Waals surface area (Å²) in [5.41, 5.74) is 3.63. The fraction of sp³-hybridized carbons (Fsp3) is 0.300. The zero-order chi connectivity index (χ0) is 17.8. The number of tetrazole rings is 1. The van der Waals surface area contributed by atoms with Gasteiger partial charge in [-0.2, -0.15) is 0 Å². The molecule has 1 aliphatic rings. The van der Waals surface area contributed by atoms with E-state index < -0.39 is 6.04 Å². The Labute approximate surface area is 152 Å². The Morgan fingerprint density at radius 3 is 2.77 bits per heavy atom. The topological polar surface area (TPSA) is 72.7 Å². The van der Waals surface area contributed by atoms with Crippen LogP contribution >= 0.6 is 0 Å². The molecule has 1 aliphatic carbocycles. The first-order valence-corrected chi connectivity index (χ1v) is 8.96. The fourth-order valence-electron chi connectivity index (χ4n) is 3.63. The molecule has 3 aromatic rings. The molecule has 1 aromatic heterocycles. The largest absolute Gasteiger partial charge is 0.347 e. The molecule has 0 aliphatic heterocycles. The summed E-state index contributed by atoms with van der Waals surface area (Å²) in [7, 11) is 0. The Morgan fingerprint density at radius 2 is 1.96 bits per heavy atom. The van der Waals surface area contributed by atoms with E-state index in [2.05, 4.69) is 39.0 Å². The summed E-state index contributed by atoms with van der Waals surface area (Å²) >= 11 is 0. The zero-order valence-corrected chi connectivity index (χ0v) is 14.5. The van der Waals surface area contributed by atoms with E-state index in [0.717, 1.165) is 24.8 Å². The van der Waals surface area contributed by atoms with Crippen molar-refractivity contribution in [3.63, 3.8) is 0 Å². The third-order valence-electron chi connectivity index (χ3n) is 4.94. The van der Waals surface area contributed by atoms with Gasteiger partial charge in [0.05, 0.1) is 6.04 Å². The van der Waals surface area contributed by atoms with Crippen LogP contribution in [0.25, 0.3) is 0 Å². The summed E-state index contributed by atoms with van der Waals surface area (Å²) in [6.45, 7) is 0. The van der Waals surface area contributed by atoms with Gasteiger partial charge in [0.15, 0.2) is 0 Å². The molecule has 132 valence electrons. The second-order valence-electron chi connectivity index (χ2n) is 6.65. The van der Waals surface area contributed by atoms with E-state index >= 15 is 0 Å². The summed E-state index contributed by atoms with van der Waals surface area (Å²) < 4.78 is 1.54. The first-order chi connectivity index (χ1) is 12.8. The number of aromatic nitrogens is 4. The highest BCUT2D eigenvalue weighted by atomic mass is 16.2. The van der Waals surface area contributed by atoms with E-state index in [0.29, 0.717) is 6.42 Å². The molecule has 0 spiro atoms. The van der Waals surface area contributed by atoms with Gasteiger partial charge in [0.25, 0.3) is 0 Å². The van der Waals surface area contributed by atoms with Gasteiger partial charge in [-0.3, -0.25) is 4.79 Å². The van der Waals surface area contributed by atoms with E-state index in [1.807, 2.05) is 36.4 Å². The van der Waals surface area contributed by atoms with E-state index in [9.17, 15) is 4.79 Å². The second-order valence-corrected chi connectivity index (χ2v) is 6.65. The minimum absolute atomic E-state index is 0.0437. The molecule has 0 saturated carbocycles. The van der Waals surface area contributed by atoms with Gasteiger partial charge in [-0.1, -0.05) is 54.6 Å². The number of rotatable bonds is 5. The quantitative estimate of drug-likeness (QED) is 0.770. The second kappa shape index (κ2) is 7.47. The van der Waals surface area contributed by atoms with Crippen molar-refractivity contribution in [3.8, 4) is 0 Å². The van der Waals surface area contributed by atoms with Gasteiger partial charge in [0.1, 0.15) is 12.4 Å². The zero-order valence-electron chi connectivity index (χ0n) is 14.5. The SMILES string of the molecule is O=C(N[C@H]1CCCc2ccccc21)[C@@H](Cc1ccccc1)n1cnnn1. The minimum Gasteiger partial charge on any atom is -0.347 e. The molecule has 1 amide bonds. The van der Waals surface area contributed by atoms with Crippen LogP contribution in [0.1, 0.15) is 41.6 Å². The predicted molar refractivity (Wildman–Crippen MR) is 97.3 cm³/mol. The maximum atomic E-state index is 13.1. The average Bonchev–Trinajstić information content (AvgIpc) is 3.21. The van der Waals surface area contributed by atoms with E-state index in [4.69, 9.17) is 0 Å². The summed E-state index contributed by atoms with van der Waals surface area (Å²) in [5.74, 6) is -0.0529. The van der Waals surface area contributed by atoms with Crippen LogP contribution in [0.15, 0.2) is 60.9 Å². The average molecular weight is 347 g/mol. The molecule has 2 atom stereocenters. The normalized spacial score (nSPS) is 17.3. The Morgan fingerprint density at radius 1 is 1.15 bits per heavy atom.